The van der Waals surface area contributed by atoms with Gasteiger partial charge in [0.1, 0.15) is 24.8 Å². The largest absolute Gasteiger partial charge is 1.00 e. The second kappa shape index (κ2) is 18.1. The SMILES string of the molecule is CC[n+]1cn(C)cc1-c1c2nc(c(-c3cn(C)c[n+]3CC)c3ccc([nH]3)c(-c3cn(C)c[n+]3CC)c3nc(c(-c4cn(C)c[n+]4CC)c4ccc1[nH]4)C=C3)C=C2.[Cl-].[Cl-].[Cl-].[Cl-]. The van der Waals surface area contributed by atoms with Crippen LogP contribution < -0.4 is 67.9 Å². The maximum atomic E-state index is 5.52. The van der Waals surface area contributed by atoms with Gasteiger partial charge < -0.3 is 59.6 Å². The van der Waals surface area contributed by atoms with Crippen LogP contribution in [0.3, 0.4) is 0 Å². The van der Waals surface area contributed by atoms with Crippen molar-refractivity contribution in [3.63, 3.8) is 0 Å². The van der Waals surface area contributed by atoms with Crippen LogP contribution in [0.5, 0.6) is 0 Å². The van der Waals surface area contributed by atoms with Gasteiger partial charge in [-0.1, -0.05) is 0 Å². The highest BCUT2D eigenvalue weighted by atomic mass is 35.5. The lowest BCUT2D eigenvalue weighted by molar-refractivity contribution is -0.682. The van der Waals surface area contributed by atoms with Crippen molar-refractivity contribution >= 4 is 46.4 Å². The average Bonchev–Trinajstić information content (AvgIpc) is 4.03. The van der Waals surface area contributed by atoms with E-state index in [1.54, 1.807) is 0 Å². The zero-order valence-corrected chi connectivity index (χ0v) is 38.1. The van der Waals surface area contributed by atoms with E-state index in [4.69, 9.17) is 9.97 Å². The van der Waals surface area contributed by atoms with Gasteiger partial charge in [0.2, 0.25) is 25.3 Å². The third-order valence-electron chi connectivity index (χ3n) is 11.0. The predicted molar refractivity (Wildman–Crippen MR) is 220 cm³/mol. The number of nitrogens with zero attached hydrogens (tertiary/aromatic N) is 10. The van der Waals surface area contributed by atoms with Crippen molar-refractivity contribution < 1.29 is 67.9 Å². The van der Waals surface area contributed by atoms with Gasteiger partial charge in [0.25, 0.3) is 0 Å². The molecule has 8 bridgehead atoms. The van der Waals surface area contributed by atoms with Crippen molar-refractivity contribution in [1.82, 2.24) is 38.2 Å². The summed E-state index contributed by atoms with van der Waals surface area (Å²) in [5.74, 6) is 0. The number of hydrogen-bond acceptors (Lipinski definition) is 2. The number of hydrogen-bond donors (Lipinski definition) is 2. The first-order valence-electron chi connectivity index (χ1n) is 19.6. The summed E-state index contributed by atoms with van der Waals surface area (Å²) in [6, 6.07) is 8.79. The van der Waals surface area contributed by atoms with Crippen LogP contribution >= 0.6 is 0 Å². The van der Waals surface area contributed by atoms with E-state index in [0.717, 1.165) is 116 Å². The van der Waals surface area contributed by atoms with Crippen molar-refractivity contribution in [1.29, 1.82) is 0 Å². The molecule has 0 aliphatic carbocycles. The summed E-state index contributed by atoms with van der Waals surface area (Å²) in [5, 5.41) is 0. The Labute approximate surface area is 374 Å². The molecule has 2 N–H and O–H groups in total. The quantitative estimate of drug-likeness (QED) is 0.149. The molecule has 0 amide bonds. The molecule has 2 aliphatic rings. The fourth-order valence-electron chi connectivity index (χ4n) is 8.45. The number of H-pyrrole nitrogens is 2. The van der Waals surface area contributed by atoms with Gasteiger partial charge in [-0.25, -0.2) is 46.5 Å². The summed E-state index contributed by atoms with van der Waals surface area (Å²) in [6.45, 7) is 12.0. The highest BCUT2D eigenvalue weighted by molar-refractivity contribution is 5.97. The van der Waals surface area contributed by atoms with Gasteiger partial charge in [-0.3, -0.25) is 0 Å². The Morgan fingerprint density at radius 1 is 0.400 bits per heavy atom. The van der Waals surface area contributed by atoms with Crippen LogP contribution in [0, 0.1) is 0 Å². The number of imidazole rings is 4. The summed E-state index contributed by atoms with van der Waals surface area (Å²) >= 11 is 0. The van der Waals surface area contributed by atoms with E-state index >= 15 is 0 Å². The van der Waals surface area contributed by atoms with E-state index < -0.39 is 0 Å². The van der Waals surface area contributed by atoms with E-state index in [2.05, 4.69) is 201 Å². The lowest BCUT2D eigenvalue weighted by atomic mass is 10.1. The number of halogens is 4. The third-order valence-corrected chi connectivity index (χ3v) is 11.0. The van der Waals surface area contributed by atoms with Gasteiger partial charge in [0, 0.05) is 0 Å². The molecule has 60 heavy (non-hydrogen) atoms. The van der Waals surface area contributed by atoms with E-state index in [9.17, 15) is 0 Å². The highest BCUT2D eigenvalue weighted by Gasteiger charge is 2.27. The van der Waals surface area contributed by atoms with E-state index in [1.807, 2.05) is 0 Å². The molecule has 9 heterocycles. The van der Waals surface area contributed by atoms with Gasteiger partial charge in [0.15, 0.2) is 22.8 Å². The molecular formula is C44H50Cl4N12. The van der Waals surface area contributed by atoms with E-state index in [1.165, 1.54) is 0 Å². The minimum absolute atomic E-state index is 0. The first kappa shape index (κ1) is 45.7. The monoisotopic (exact) mass is 886 g/mol. The van der Waals surface area contributed by atoms with Gasteiger partial charge in [-0.15, -0.1) is 0 Å². The number of fused-ring (bicyclic) bond motifs is 8. The summed E-state index contributed by atoms with van der Waals surface area (Å²) in [4.78, 5) is 18.9. The molecule has 0 radical (unpaired) electrons. The van der Waals surface area contributed by atoms with Gasteiger partial charge in [-0.05, 0) is 76.3 Å². The van der Waals surface area contributed by atoms with Crippen LogP contribution in [0.15, 0.2) is 74.4 Å². The molecular weight excluding hydrogens is 838 g/mol. The topological polar surface area (TPSA) is 92.6 Å². The van der Waals surface area contributed by atoms with Crippen LogP contribution in [0.4, 0.5) is 0 Å². The molecule has 0 aromatic carbocycles. The molecule has 0 unspecified atom stereocenters. The molecule has 12 nitrogen and oxygen atoms in total. The summed E-state index contributed by atoms with van der Waals surface area (Å²) in [7, 11) is 8.32. The Balaban J connectivity index is 0.00000171. The molecule has 0 atom stereocenters. The molecule has 16 heteroatoms. The third kappa shape index (κ3) is 7.73. The van der Waals surface area contributed by atoms with Crippen molar-refractivity contribution in [2.75, 3.05) is 0 Å². The normalized spacial score (nSPS) is 11.6. The lowest BCUT2D eigenvalue weighted by Crippen LogP contribution is -3.00. The zero-order chi connectivity index (χ0) is 38.8. The van der Waals surface area contributed by atoms with Crippen LogP contribution in [0.2, 0.25) is 0 Å². The number of nitrogens with one attached hydrogen (secondary N) is 2. The Kier molecular flexibility index (Phi) is 13.8. The smallest absolute Gasteiger partial charge is 0.244 e. The summed E-state index contributed by atoms with van der Waals surface area (Å²) in [5.41, 5.74) is 16.1. The molecule has 0 fully saturated rings. The number of rotatable bonds is 8. The standard InChI is InChI=1S/C44H50N12.4ClH/c1-9-53-25-49(5)21-37(53)41-29-13-15-31(45-29)42(38-22-50(6)26-54(38)10-2)33-17-19-35(47-33)44(40-24-52(8)28-56(40)12-4)36-20-18-34(48-36)43(32-16-14-30(41)46-32)39-23-51(7)27-55(39)11-3;;;;/h13-28,45,48H,9-12H2,1-8H3;4*1H/q+4;;;;/p-4. The number of aromatic amines is 2. The molecule has 7 aromatic heterocycles. The molecule has 9 rings (SSSR count). The molecule has 0 saturated heterocycles. The molecule has 0 saturated carbocycles. The first-order chi connectivity index (χ1) is 27.2. The number of aryl methyl sites for hydroxylation is 8. The van der Waals surface area contributed by atoms with Crippen LogP contribution in [-0.2, 0) is 54.4 Å². The maximum Gasteiger partial charge on any atom is 0.244 e. The zero-order valence-electron chi connectivity index (χ0n) is 35.1. The molecule has 7 aromatic rings. The van der Waals surface area contributed by atoms with Crippen LogP contribution in [0.25, 0.3) is 91.4 Å². The van der Waals surface area contributed by atoms with Crippen LogP contribution in [-0.4, -0.2) is 38.2 Å². The van der Waals surface area contributed by atoms with Crippen molar-refractivity contribution in [2.45, 2.75) is 53.9 Å². The molecule has 0 spiro atoms. The average molecular weight is 889 g/mol. The Morgan fingerprint density at radius 3 is 0.817 bits per heavy atom. The highest BCUT2D eigenvalue weighted by Crippen LogP contribution is 2.36. The van der Waals surface area contributed by atoms with Crippen molar-refractivity contribution in [3.8, 4) is 45.0 Å². The summed E-state index contributed by atoms with van der Waals surface area (Å²) in [6.07, 6.45) is 26.0. The minimum atomic E-state index is 0. The maximum absolute atomic E-state index is 5.52. The van der Waals surface area contributed by atoms with Crippen molar-refractivity contribution in [3.05, 3.63) is 97.1 Å². The van der Waals surface area contributed by atoms with Crippen LogP contribution in [0.1, 0.15) is 50.5 Å². The Morgan fingerprint density at radius 2 is 0.617 bits per heavy atom. The van der Waals surface area contributed by atoms with Crippen molar-refractivity contribution in [2.24, 2.45) is 28.2 Å². The number of aromatic nitrogens is 12. The summed E-state index contributed by atoms with van der Waals surface area (Å²) < 4.78 is 17.6. The van der Waals surface area contributed by atoms with E-state index in [0.29, 0.717) is 0 Å². The fourth-order valence-corrected chi connectivity index (χ4v) is 8.45. The second-order valence-corrected chi connectivity index (χ2v) is 14.8. The fraction of sp³-hybridized carbons (Fsp3) is 0.273. The predicted octanol–water partition coefficient (Wildman–Crippen LogP) is -6.08. The second-order valence-electron chi connectivity index (χ2n) is 14.8. The first-order valence-corrected chi connectivity index (χ1v) is 19.6. The molecule has 2 aliphatic heterocycles. The lowest BCUT2D eigenvalue weighted by Gasteiger charge is -2.04. The van der Waals surface area contributed by atoms with Gasteiger partial charge >= 0.3 is 0 Å². The van der Waals surface area contributed by atoms with E-state index in [-0.39, 0.29) is 49.6 Å². The molecule has 314 valence electrons. The van der Waals surface area contributed by atoms with Gasteiger partial charge in [0.05, 0.1) is 121 Å². The Bertz CT molecular complexity index is 2550. The minimum Gasteiger partial charge on any atom is -1.00 e. The van der Waals surface area contributed by atoms with Gasteiger partial charge in [-0.2, -0.15) is 0 Å². The Hall–Kier alpha value is -5.40.